The number of nitrogens with zero attached hydrogens (tertiary/aromatic N) is 3. The molecule has 0 spiro atoms. The van der Waals surface area contributed by atoms with Gasteiger partial charge in [-0.2, -0.15) is 0 Å². The molecule has 120 valence electrons. The molecule has 0 amide bonds. The molecule has 0 N–H and O–H groups in total. The minimum atomic E-state index is 0.263. The number of aromatic nitrogens is 2. The number of aryl methyl sites for hydroxylation is 1. The predicted molar refractivity (Wildman–Crippen MR) is 94.0 cm³/mol. The largest absolute Gasteiger partial charge is 0.464 e. The summed E-state index contributed by atoms with van der Waals surface area (Å²) in [5.74, 6) is 3.88. The van der Waals surface area contributed by atoms with Crippen molar-refractivity contribution < 1.29 is 4.42 Å². The highest BCUT2D eigenvalue weighted by Crippen LogP contribution is 2.40. The first-order valence-corrected chi connectivity index (χ1v) is 9.17. The van der Waals surface area contributed by atoms with E-state index in [1.165, 1.54) is 11.1 Å². The van der Waals surface area contributed by atoms with Crippen molar-refractivity contribution in [1.29, 1.82) is 0 Å². The molecule has 1 aliphatic rings. The summed E-state index contributed by atoms with van der Waals surface area (Å²) in [6.07, 6.45) is 4.91. The van der Waals surface area contributed by atoms with Crippen molar-refractivity contribution in [1.82, 2.24) is 9.97 Å². The van der Waals surface area contributed by atoms with Crippen LogP contribution in [-0.2, 0) is 6.42 Å². The van der Waals surface area contributed by atoms with Gasteiger partial charge in [0.15, 0.2) is 5.82 Å². The van der Waals surface area contributed by atoms with E-state index in [2.05, 4.69) is 52.3 Å². The summed E-state index contributed by atoms with van der Waals surface area (Å²) in [6.45, 7) is 5.47. The lowest BCUT2D eigenvalue weighted by Crippen LogP contribution is -2.36. The van der Waals surface area contributed by atoms with Gasteiger partial charge in [0.25, 0.3) is 0 Å². The van der Waals surface area contributed by atoms with Crippen molar-refractivity contribution in [2.24, 2.45) is 5.92 Å². The zero-order chi connectivity index (χ0) is 15.8. The third kappa shape index (κ3) is 2.63. The van der Waals surface area contributed by atoms with Gasteiger partial charge in [-0.3, -0.25) is 0 Å². The van der Waals surface area contributed by atoms with Crippen LogP contribution in [-0.4, -0.2) is 16.5 Å². The molecule has 4 heterocycles. The van der Waals surface area contributed by atoms with E-state index in [1.54, 1.807) is 17.7 Å². The van der Waals surface area contributed by atoms with Crippen molar-refractivity contribution in [3.63, 3.8) is 0 Å². The van der Waals surface area contributed by atoms with Crippen molar-refractivity contribution >= 4 is 27.4 Å². The molecule has 3 aromatic heterocycles. The average molecular weight is 327 g/mol. The Labute approximate surface area is 140 Å². The first kappa shape index (κ1) is 14.7. The maximum Gasteiger partial charge on any atom is 0.150 e. The number of thiophene rings is 1. The molecular weight excluding hydrogens is 306 g/mol. The molecule has 0 aromatic carbocycles. The van der Waals surface area contributed by atoms with E-state index in [0.29, 0.717) is 5.92 Å². The molecule has 0 unspecified atom stereocenters. The number of fused-ring (bicyclic) bond motifs is 1. The molecule has 4 nitrogen and oxygen atoms in total. The topological polar surface area (TPSA) is 42.2 Å². The van der Waals surface area contributed by atoms with Gasteiger partial charge in [-0.05, 0) is 42.3 Å². The van der Waals surface area contributed by atoms with Gasteiger partial charge in [-0.25, -0.2) is 9.97 Å². The van der Waals surface area contributed by atoms with E-state index in [9.17, 15) is 0 Å². The lowest BCUT2D eigenvalue weighted by Gasteiger charge is -2.38. The normalized spacial score (nSPS) is 21.9. The molecule has 0 aliphatic carbocycles. The average Bonchev–Trinajstić information content (AvgIpc) is 3.23. The van der Waals surface area contributed by atoms with Gasteiger partial charge in [-0.1, -0.05) is 13.8 Å². The highest BCUT2D eigenvalue weighted by atomic mass is 32.1. The van der Waals surface area contributed by atoms with Crippen LogP contribution in [0.25, 0.3) is 10.2 Å². The third-order valence-electron chi connectivity index (χ3n) is 4.72. The monoisotopic (exact) mass is 327 g/mol. The zero-order valence-electron chi connectivity index (χ0n) is 13.5. The smallest absolute Gasteiger partial charge is 0.150 e. The molecule has 0 radical (unpaired) electrons. The second-order valence-corrected chi connectivity index (χ2v) is 7.24. The second kappa shape index (κ2) is 5.96. The molecule has 2 atom stereocenters. The maximum absolute atomic E-state index is 6.08. The second-order valence-electron chi connectivity index (χ2n) is 6.33. The van der Waals surface area contributed by atoms with Crippen molar-refractivity contribution in [2.75, 3.05) is 11.4 Å². The Morgan fingerprint density at radius 3 is 3.04 bits per heavy atom. The van der Waals surface area contributed by atoms with E-state index in [-0.39, 0.29) is 6.04 Å². The van der Waals surface area contributed by atoms with Crippen LogP contribution in [0.2, 0.25) is 0 Å². The fourth-order valence-corrected chi connectivity index (χ4v) is 4.26. The van der Waals surface area contributed by atoms with Crippen LogP contribution in [0.3, 0.4) is 0 Å². The number of piperidine rings is 1. The molecule has 0 saturated carbocycles. The van der Waals surface area contributed by atoms with E-state index < -0.39 is 0 Å². The van der Waals surface area contributed by atoms with E-state index >= 15 is 0 Å². The third-order valence-corrected chi connectivity index (χ3v) is 5.62. The standard InChI is InChI=1S/C18H21N3OS/c1-3-13-4-5-16(22-13)15-10-12(2)6-8-21(15)18-17-14(7-9-23-17)19-11-20-18/h4-5,7,9,11-12,15H,3,6,8,10H2,1-2H3/t12-,15+/m0/s1. The van der Waals surface area contributed by atoms with E-state index in [0.717, 1.165) is 42.2 Å². The minimum absolute atomic E-state index is 0.263. The summed E-state index contributed by atoms with van der Waals surface area (Å²) in [5.41, 5.74) is 1.03. The first-order chi connectivity index (χ1) is 11.3. The number of furan rings is 1. The number of rotatable bonds is 3. The molecule has 23 heavy (non-hydrogen) atoms. The van der Waals surface area contributed by atoms with Gasteiger partial charge in [0.1, 0.15) is 17.8 Å². The Balaban J connectivity index is 1.76. The fraction of sp³-hybridized carbons (Fsp3) is 0.444. The van der Waals surface area contributed by atoms with Gasteiger partial charge >= 0.3 is 0 Å². The number of hydrogen-bond acceptors (Lipinski definition) is 5. The Hall–Kier alpha value is -1.88. The highest BCUT2D eigenvalue weighted by Gasteiger charge is 2.32. The fourth-order valence-electron chi connectivity index (χ4n) is 3.41. The zero-order valence-corrected chi connectivity index (χ0v) is 14.3. The summed E-state index contributed by atoms with van der Waals surface area (Å²) in [4.78, 5) is 11.4. The predicted octanol–water partition coefficient (Wildman–Crippen LogP) is 4.82. The summed E-state index contributed by atoms with van der Waals surface area (Å²) in [7, 11) is 0. The van der Waals surface area contributed by atoms with Gasteiger partial charge < -0.3 is 9.32 Å². The Bertz CT molecular complexity index is 809. The SMILES string of the molecule is CCc1ccc([C@H]2C[C@@H](C)CCN2c2ncnc3ccsc23)o1. The summed E-state index contributed by atoms with van der Waals surface area (Å²) in [6, 6.07) is 6.57. The van der Waals surface area contributed by atoms with Crippen LogP contribution < -0.4 is 4.90 Å². The molecule has 1 aliphatic heterocycles. The summed E-state index contributed by atoms with van der Waals surface area (Å²) < 4.78 is 7.26. The number of hydrogen-bond donors (Lipinski definition) is 0. The van der Waals surface area contributed by atoms with Gasteiger partial charge in [0.05, 0.1) is 16.3 Å². The first-order valence-electron chi connectivity index (χ1n) is 8.29. The Morgan fingerprint density at radius 2 is 2.22 bits per heavy atom. The van der Waals surface area contributed by atoms with Crippen LogP contribution in [0.5, 0.6) is 0 Å². The van der Waals surface area contributed by atoms with Crippen LogP contribution in [0.4, 0.5) is 5.82 Å². The Morgan fingerprint density at radius 1 is 1.30 bits per heavy atom. The van der Waals surface area contributed by atoms with Gasteiger partial charge in [0, 0.05) is 13.0 Å². The van der Waals surface area contributed by atoms with Crippen molar-refractivity contribution in [3.8, 4) is 0 Å². The van der Waals surface area contributed by atoms with Gasteiger partial charge in [0.2, 0.25) is 0 Å². The lowest BCUT2D eigenvalue weighted by molar-refractivity contribution is 0.321. The van der Waals surface area contributed by atoms with Crippen molar-refractivity contribution in [2.45, 2.75) is 39.2 Å². The van der Waals surface area contributed by atoms with Crippen LogP contribution in [0.1, 0.15) is 44.3 Å². The molecular formula is C18H21N3OS. The van der Waals surface area contributed by atoms with Gasteiger partial charge in [-0.15, -0.1) is 11.3 Å². The molecule has 1 fully saturated rings. The number of anilines is 1. The molecule has 4 rings (SSSR count). The molecule has 1 saturated heterocycles. The summed E-state index contributed by atoms with van der Waals surface area (Å²) in [5, 5.41) is 2.09. The summed E-state index contributed by atoms with van der Waals surface area (Å²) >= 11 is 1.72. The van der Waals surface area contributed by atoms with Crippen LogP contribution >= 0.6 is 11.3 Å². The molecule has 0 bridgehead atoms. The lowest BCUT2D eigenvalue weighted by atomic mass is 9.91. The van der Waals surface area contributed by atoms with E-state index in [1.807, 2.05) is 0 Å². The van der Waals surface area contributed by atoms with Crippen LogP contribution in [0.15, 0.2) is 34.3 Å². The van der Waals surface area contributed by atoms with Crippen molar-refractivity contribution in [3.05, 3.63) is 41.4 Å². The molecule has 5 heteroatoms. The maximum atomic E-state index is 6.08. The van der Waals surface area contributed by atoms with E-state index in [4.69, 9.17) is 4.42 Å². The highest BCUT2D eigenvalue weighted by molar-refractivity contribution is 7.17. The quantitative estimate of drug-likeness (QED) is 0.691. The van der Waals surface area contributed by atoms with Crippen LogP contribution in [0, 0.1) is 5.92 Å². The Kier molecular flexibility index (Phi) is 3.81. The molecule has 3 aromatic rings. The minimum Gasteiger partial charge on any atom is -0.464 e.